The fourth-order valence-corrected chi connectivity index (χ4v) is 2.22. The van der Waals surface area contributed by atoms with E-state index in [1.807, 2.05) is 6.92 Å². The topological polar surface area (TPSA) is 72.2 Å². The number of hydrogen-bond acceptors (Lipinski definition) is 3. The van der Waals surface area contributed by atoms with E-state index in [-0.39, 0.29) is 11.4 Å². The second-order valence-electron chi connectivity index (χ2n) is 3.80. The molecule has 0 aliphatic rings. The Morgan fingerprint density at radius 3 is 2.62 bits per heavy atom. The minimum atomic E-state index is -3.49. The zero-order chi connectivity index (χ0) is 12.3. The molecule has 0 aliphatic carbocycles. The predicted octanol–water partition coefficient (Wildman–Crippen LogP) is 1.43. The first-order valence-corrected chi connectivity index (χ1v) is 6.31. The van der Waals surface area contributed by atoms with E-state index in [2.05, 4.69) is 11.3 Å². The molecule has 0 spiro atoms. The molecule has 0 saturated carbocycles. The van der Waals surface area contributed by atoms with Crippen molar-refractivity contribution in [2.75, 3.05) is 12.3 Å². The fraction of sp³-hybridized carbons (Fsp3) is 0.273. The smallest absolute Gasteiger partial charge is 0.240 e. The van der Waals surface area contributed by atoms with Crippen LogP contribution in [0, 0.1) is 6.92 Å². The zero-order valence-electron chi connectivity index (χ0n) is 9.45. The van der Waals surface area contributed by atoms with Crippen molar-refractivity contribution < 1.29 is 8.42 Å². The summed E-state index contributed by atoms with van der Waals surface area (Å²) in [6.07, 6.45) is 0. The zero-order valence-corrected chi connectivity index (χ0v) is 10.3. The largest absolute Gasteiger partial charge is 0.398 e. The fourth-order valence-electron chi connectivity index (χ4n) is 1.09. The molecule has 0 unspecified atom stereocenters. The SMILES string of the molecule is C=C(C)CNS(=O)(=O)c1ccc(C)c(N)c1. The molecule has 88 valence electrons. The van der Waals surface area contributed by atoms with Gasteiger partial charge in [0.25, 0.3) is 0 Å². The van der Waals surface area contributed by atoms with Crippen molar-refractivity contribution in [2.24, 2.45) is 0 Å². The van der Waals surface area contributed by atoms with Gasteiger partial charge in [-0.05, 0) is 31.5 Å². The lowest BCUT2D eigenvalue weighted by molar-refractivity contribution is 0.584. The van der Waals surface area contributed by atoms with Gasteiger partial charge in [0.1, 0.15) is 0 Å². The Labute approximate surface area is 96.2 Å². The molecule has 0 aliphatic heterocycles. The average molecular weight is 240 g/mol. The lowest BCUT2D eigenvalue weighted by atomic mass is 10.2. The summed E-state index contributed by atoms with van der Waals surface area (Å²) in [5.74, 6) is 0. The number of rotatable bonds is 4. The minimum absolute atomic E-state index is 0.178. The van der Waals surface area contributed by atoms with Crippen molar-refractivity contribution in [3.8, 4) is 0 Å². The van der Waals surface area contributed by atoms with Gasteiger partial charge in [-0.15, -0.1) is 0 Å². The Bertz CT molecular complexity index is 507. The Balaban J connectivity index is 2.99. The summed E-state index contributed by atoms with van der Waals surface area (Å²) in [5.41, 5.74) is 7.75. The molecule has 4 nitrogen and oxygen atoms in total. The first kappa shape index (κ1) is 12.7. The minimum Gasteiger partial charge on any atom is -0.398 e. The summed E-state index contributed by atoms with van der Waals surface area (Å²) >= 11 is 0. The molecular formula is C11H16N2O2S. The predicted molar refractivity (Wildman–Crippen MR) is 65.6 cm³/mol. The number of benzene rings is 1. The van der Waals surface area contributed by atoms with E-state index in [0.29, 0.717) is 5.69 Å². The monoisotopic (exact) mass is 240 g/mol. The normalized spacial score (nSPS) is 11.4. The lowest BCUT2D eigenvalue weighted by Crippen LogP contribution is -2.25. The van der Waals surface area contributed by atoms with E-state index in [1.165, 1.54) is 12.1 Å². The Morgan fingerprint density at radius 1 is 1.50 bits per heavy atom. The van der Waals surface area contributed by atoms with Crippen LogP contribution in [-0.4, -0.2) is 15.0 Å². The van der Waals surface area contributed by atoms with Crippen LogP contribution < -0.4 is 10.5 Å². The molecule has 0 amide bonds. The van der Waals surface area contributed by atoms with Gasteiger partial charge in [-0.1, -0.05) is 18.2 Å². The van der Waals surface area contributed by atoms with Crippen LogP contribution in [0.4, 0.5) is 5.69 Å². The third-order valence-corrected chi connectivity index (χ3v) is 3.52. The highest BCUT2D eigenvalue weighted by Crippen LogP contribution is 2.16. The van der Waals surface area contributed by atoms with Gasteiger partial charge in [0, 0.05) is 12.2 Å². The van der Waals surface area contributed by atoms with E-state index in [9.17, 15) is 8.42 Å². The summed E-state index contributed by atoms with van der Waals surface area (Å²) in [7, 11) is -3.49. The van der Waals surface area contributed by atoms with Crippen LogP contribution in [0.1, 0.15) is 12.5 Å². The molecule has 0 radical (unpaired) electrons. The van der Waals surface area contributed by atoms with Gasteiger partial charge in [0.2, 0.25) is 10.0 Å². The highest BCUT2D eigenvalue weighted by molar-refractivity contribution is 7.89. The number of nitrogen functional groups attached to an aromatic ring is 1. The summed E-state index contributed by atoms with van der Waals surface area (Å²) in [6, 6.07) is 4.67. The van der Waals surface area contributed by atoms with Crippen molar-refractivity contribution in [1.29, 1.82) is 0 Å². The lowest BCUT2D eigenvalue weighted by Gasteiger charge is -2.08. The van der Waals surface area contributed by atoms with Crippen LogP contribution in [0.15, 0.2) is 35.2 Å². The van der Waals surface area contributed by atoms with Gasteiger partial charge < -0.3 is 5.73 Å². The number of aryl methyl sites for hydroxylation is 1. The maximum absolute atomic E-state index is 11.8. The molecule has 0 atom stereocenters. The third kappa shape index (κ3) is 3.08. The number of nitrogens with two attached hydrogens (primary N) is 1. The van der Waals surface area contributed by atoms with Crippen LogP contribution in [0.2, 0.25) is 0 Å². The summed E-state index contributed by atoms with van der Waals surface area (Å²) in [4.78, 5) is 0.178. The molecule has 3 N–H and O–H groups in total. The van der Waals surface area contributed by atoms with Crippen LogP contribution >= 0.6 is 0 Å². The molecular weight excluding hydrogens is 224 g/mol. The van der Waals surface area contributed by atoms with Gasteiger partial charge in [-0.3, -0.25) is 0 Å². The molecule has 0 fully saturated rings. The van der Waals surface area contributed by atoms with Crippen molar-refractivity contribution >= 4 is 15.7 Å². The van der Waals surface area contributed by atoms with Gasteiger partial charge in [0.15, 0.2) is 0 Å². The van der Waals surface area contributed by atoms with Crippen LogP contribution in [0.25, 0.3) is 0 Å². The number of nitrogens with one attached hydrogen (secondary N) is 1. The van der Waals surface area contributed by atoms with E-state index < -0.39 is 10.0 Å². The summed E-state index contributed by atoms with van der Waals surface area (Å²) in [6.45, 7) is 7.45. The summed E-state index contributed by atoms with van der Waals surface area (Å²) in [5, 5.41) is 0. The van der Waals surface area contributed by atoms with Crippen LogP contribution in [0.5, 0.6) is 0 Å². The van der Waals surface area contributed by atoms with Crippen molar-refractivity contribution in [3.05, 3.63) is 35.9 Å². The first-order valence-electron chi connectivity index (χ1n) is 4.83. The maximum Gasteiger partial charge on any atom is 0.240 e. The second-order valence-corrected chi connectivity index (χ2v) is 5.57. The van der Waals surface area contributed by atoms with Gasteiger partial charge in [-0.2, -0.15) is 0 Å². The highest BCUT2D eigenvalue weighted by Gasteiger charge is 2.13. The molecule has 16 heavy (non-hydrogen) atoms. The quantitative estimate of drug-likeness (QED) is 0.617. The van der Waals surface area contributed by atoms with Crippen molar-refractivity contribution in [2.45, 2.75) is 18.7 Å². The van der Waals surface area contributed by atoms with Gasteiger partial charge >= 0.3 is 0 Å². The van der Waals surface area contributed by atoms with Crippen LogP contribution in [-0.2, 0) is 10.0 Å². The van der Waals surface area contributed by atoms with Gasteiger partial charge in [-0.25, -0.2) is 13.1 Å². The molecule has 0 bridgehead atoms. The number of hydrogen-bond donors (Lipinski definition) is 2. The number of sulfonamides is 1. The van der Waals surface area contributed by atoms with E-state index in [0.717, 1.165) is 11.1 Å². The Kier molecular flexibility index (Phi) is 3.72. The van der Waals surface area contributed by atoms with Crippen LogP contribution in [0.3, 0.4) is 0 Å². The Hall–Kier alpha value is -1.33. The third-order valence-electron chi connectivity index (χ3n) is 2.12. The van der Waals surface area contributed by atoms with E-state index in [4.69, 9.17) is 5.73 Å². The average Bonchev–Trinajstić information content (AvgIpc) is 2.19. The van der Waals surface area contributed by atoms with Crippen molar-refractivity contribution in [1.82, 2.24) is 4.72 Å². The maximum atomic E-state index is 11.8. The molecule has 1 aromatic rings. The molecule has 0 heterocycles. The first-order chi connectivity index (χ1) is 7.33. The van der Waals surface area contributed by atoms with Gasteiger partial charge in [0.05, 0.1) is 4.90 Å². The van der Waals surface area contributed by atoms with Crippen molar-refractivity contribution in [3.63, 3.8) is 0 Å². The standard InChI is InChI=1S/C11H16N2O2S/c1-8(2)7-13-16(14,15)10-5-4-9(3)11(12)6-10/h4-6,13H,1,7,12H2,2-3H3. The molecule has 0 aromatic heterocycles. The second kappa shape index (κ2) is 4.67. The van der Waals surface area contributed by atoms with E-state index >= 15 is 0 Å². The molecule has 1 aromatic carbocycles. The highest BCUT2D eigenvalue weighted by atomic mass is 32.2. The summed E-state index contributed by atoms with van der Waals surface area (Å²) < 4.78 is 26.0. The van der Waals surface area contributed by atoms with E-state index in [1.54, 1.807) is 13.0 Å². The molecule has 0 saturated heterocycles. The Morgan fingerprint density at radius 2 is 2.12 bits per heavy atom. The number of anilines is 1. The molecule has 5 heteroatoms. The molecule has 1 rings (SSSR count).